The lowest BCUT2D eigenvalue weighted by Gasteiger charge is -2.19. The molecule has 0 saturated heterocycles. The van der Waals surface area contributed by atoms with Gasteiger partial charge in [-0.05, 0) is 25.1 Å². The SMILES string of the molecule is Cc1nccc(N(C)c2ccccc2C#N)n1. The first-order chi connectivity index (χ1) is 8.22. The molecule has 0 amide bonds. The van der Waals surface area contributed by atoms with Crippen LogP contribution in [0.1, 0.15) is 11.4 Å². The van der Waals surface area contributed by atoms with Crippen LogP contribution in [0.25, 0.3) is 0 Å². The fourth-order valence-electron chi connectivity index (χ4n) is 1.61. The highest BCUT2D eigenvalue weighted by Crippen LogP contribution is 2.24. The van der Waals surface area contributed by atoms with Gasteiger partial charge in [0.15, 0.2) is 0 Å². The maximum Gasteiger partial charge on any atom is 0.136 e. The maximum absolute atomic E-state index is 9.06. The molecule has 0 fully saturated rings. The van der Waals surface area contributed by atoms with E-state index in [0.717, 1.165) is 11.5 Å². The molecule has 0 radical (unpaired) electrons. The molecule has 4 nitrogen and oxygen atoms in total. The van der Waals surface area contributed by atoms with E-state index in [0.29, 0.717) is 11.4 Å². The van der Waals surface area contributed by atoms with Crippen molar-refractivity contribution < 1.29 is 0 Å². The number of hydrogen-bond acceptors (Lipinski definition) is 4. The molecule has 1 aromatic heterocycles. The van der Waals surface area contributed by atoms with Crippen LogP contribution in [0, 0.1) is 18.3 Å². The lowest BCUT2D eigenvalue weighted by atomic mass is 10.2. The Balaban J connectivity index is 2.44. The highest BCUT2D eigenvalue weighted by molar-refractivity contribution is 5.66. The Labute approximate surface area is 100 Å². The number of nitriles is 1. The summed E-state index contributed by atoms with van der Waals surface area (Å²) in [5.74, 6) is 1.49. The van der Waals surface area contributed by atoms with Crippen molar-refractivity contribution in [1.29, 1.82) is 5.26 Å². The van der Waals surface area contributed by atoms with Gasteiger partial charge >= 0.3 is 0 Å². The molecule has 0 atom stereocenters. The molecular weight excluding hydrogens is 212 g/mol. The van der Waals surface area contributed by atoms with Crippen molar-refractivity contribution in [2.24, 2.45) is 0 Å². The molecule has 0 saturated carbocycles. The molecule has 0 aliphatic heterocycles. The first-order valence-electron chi connectivity index (χ1n) is 5.25. The van der Waals surface area contributed by atoms with Crippen LogP contribution < -0.4 is 4.90 Å². The van der Waals surface area contributed by atoms with E-state index in [9.17, 15) is 0 Å². The van der Waals surface area contributed by atoms with E-state index in [2.05, 4.69) is 16.0 Å². The van der Waals surface area contributed by atoms with Crippen LogP contribution in [-0.4, -0.2) is 17.0 Å². The van der Waals surface area contributed by atoms with Gasteiger partial charge in [-0.2, -0.15) is 5.26 Å². The summed E-state index contributed by atoms with van der Waals surface area (Å²) in [4.78, 5) is 10.3. The molecule has 1 heterocycles. The quantitative estimate of drug-likeness (QED) is 0.786. The second kappa shape index (κ2) is 4.62. The van der Waals surface area contributed by atoms with Gasteiger partial charge in [-0.1, -0.05) is 12.1 Å². The number of aromatic nitrogens is 2. The zero-order valence-electron chi connectivity index (χ0n) is 9.75. The Morgan fingerprint density at radius 3 is 2.71 bits per heavy atom. The summed E-state index contributed by atoms with van der Waals surface area (Å²) in [5.41, 5.74) is 1.47. The Morgan fingerprint density at radius 1 is 1.24 bits per heavy atom. The molecule has 0 spiro atoms. The number of hydrogen-bond donors (Lipinski definition) is 0. The zero-order chi connectivity index (χ0) is 12.3. The van der Waals surface area contributed by atoms with Crippen molar-refractivity contribution in [3.8, 4) is 6.07 Å². The van der Waals surface area contributed by atoms with Gasteiger partial charge in [0.25, 0.3) is 0 Å². The van der Waals surface area contributed by atoms with Crippen LogP contribution in [0.2, 0.25) is 0 Å². The minimum atomic E-state index is 0.631. The Bertz CT molecular complexity index is 572. The second-order valence-electron chi connectivity index (χ2n) is 3.65. The van der Waals surface area contributed by atoms with Crippen molar-refractivity contribution in [3.05, 3.63) is 47.9 Å². The standard InChI is InChI=1S/C13H12N4/c1-10-15-8-7-13(16-10)17(2)12-6-4-3-5-11(12)9-14/h3-8H,1-2H3. The van der Waals surface area contributed by atoms with Crippen molar-refractivity contribution in [3.63, 3.8) is 0 Å². The van der Waals surface area contributed by atoms with E-state index < -0.39 is 0 Å². The topological polar surface area (TPSA) is 52.8 Å². The summed E-state index contributed by atoms with van der Waals surface area (Å²) < 4.78 is 0. The van der Waals surface area contributed by atoms with Gasteiger partial charge in [-0.15, -0.1) is 0 Å². The average Bonchev–Trinajstić information content (AvgIpc) is 2.38. The first-order valence-corrected chi connectivity index (χ1v) is 5.25. The second-order valence-corrected chi connectivity index (χ2v) is 3.65. The monoisotopic (exact) mass is 224 g/mol. The number of para-hydroxylation sites is 1. The van der Waals surface area contributed by atoms with Gasteiger partial charge in [-0.3, -0.25) is 0 Å². The molecule has 4 heteroatoms. The van der Waals surface area contributed by atoms with Crippen LogP contribution in [0.15, 0.2) is 36.5 Å². The molecule has 17 heavy (non-hydrogen) atoms. The summed E-state index contributed by atoms with van der Waals surface area (Å²) in [5, 5.41) is 9.06. The molecule has 2 rings (SSSR count). The third kappa shape index (κ3) is 2.23. The molecule has 0 bridgehead atoms. The lowest BCUT2D eigenvalue weighted by molar-refractivity contribution is 1.01. The van der Waals surface area contributed by atoms with Gasteiger partial charge in [0, 0.05) is 13.2 Å². The molecule has 1 aromatic carbocycles. The van der Waals surface area contributed by atoms with Crippen LogP contribution in [-0.2, 0) is 0 Å². The summed E-state index contributed by atoms with van der Waals surface area (Å²) >= 11 is 0. The van der Waals surface area contributed by atoms with Crippen LogP contribution in [0.4, 0.5) is 11.5 Å². The van der Waals surface area contributed by atoms with E-state index in [1.54, 1.807) is 12.3 Å². The Morgan fingerprint density at radius 2 is 2.00 bits per heavy atom. The first kappa shape index (κ1) is 11.1. The predicted octanol–water partition coefficient (Wildman–Crippen LogP) is 2.42. The number of nitrogens with zero attached hydrogens (tertiary/aromatic N) is 4. The predicted molar refractivity (Wildman–Crippen MR) is 66.0 cm³/mol. The molecule has 0 unspecified atom stereocenters. The lowest BCUT2D eigenvalue weighted by Crippen LogP contribution is -2.13. The van der Waals surface area contributed by atoms with Crippen LogP contribution in [0.5, 0.6) is 0 Å². The van der Waals surface area contributed by atoms with Crippen molar-refractivity contribution in [2.45, 2.75) is 6.92 Å². The number of anilines is 2. The van der Waals surface area contributed by atoms with E-state index >= 15 is 0 Å². The van der Waals surface area contributed by atoms with Gasteiger partial charge in [0.2, 0.25) is 0 Å². The van der Waals surface area contributed by atoms with Gasteiger partial charge < -0.3 is 4.90 Å². The summed E-state index contributed by atoms with van der Waals surface area (Å²) in [7, 11) is 1.89. The van der Waals surface area contributed by atoms with Crippen molar-refractivity contribution in [2.75, 3.05) is 11.9 Å². The third-order valence-electron chi connectivity index (χ3n) is 2.49. The van der Waals surface area contributed by atoms with Crippen LogP contribution in [0.3, 0.4) is 0 Å². The summed E-state index contributed by atoms with van der Waals surface area (Å²) in [6, 6.07) is 11.4. The smallest absolute Gasteiger partial charge is 0.136 e. The highest BCUT2D eigenvalue weighted by Gasteiger charge is 2.09. The maximum atomic E-state index is 9.06. The number of benzene rings is 1. The van der Waals surface area contributed by atoms with Crippen LogP contribution >= 0.6 is 0 Å². The highest BCUT2D eigenvalue weighted by atomic mass is 15.2. The van der Waals surface area contributed by atoms with Gasteiger partial charge in [0.1, 0.15) is 17.7 Å². The summed E-state index contributed by atoms with van der Waals surface area (Å²) in [6.45, 7) is 1.84. The molecule has 0 aliphatic carbocycles. The minimum Gasteiger partial charge on any atom is -0.328 e. The van der Waals surface area contributed by atoms with Crippen molar-refractivity contribution in [1.82, 2.24) is 9.97 Å². The number of rotatable bonds is 2. The fourth-order valence-corrected chi connectivity index (χ4v) is 1.61. The van der Waals surface area contributed by atoms with Gasteiger partial charge in [-0.25, -0.2) is 9.97 Å². The molecule has 2 aromatic rings. The Hall–Kier alpha value is -2.41. The van der Waals surface area contributed by atoms with E-state index in [4.69, 9.17) is 5.26 Å². The Kier molecular flexibility index (Phi) is 3.01. The molecular formula is C13H12N4. The summed E-state index contributed by atoms with van der Waals surface area (Å²) in [6.07, 6.45) is 1.71. The normalized spacial score (nSPS) is 9.71. The molecule has 84 valence electrons. The van der Waals surface area contributed by atoms with E-state index in [1.807, 2.05) is 43.1 Å². The number of aryl methyl sites for hydroxylation is 1. The average molecular weight is 224 g/mol. The largest absolute Gasteiger partial charge is 0.328 e. The fraction of sp³-hybridized carbons (Fsp3) is 0.154. The van der Waals surface area contributed by atoms with Gasteiger partial charge in [0.05, 0.1) is 11.3 Å². The van der Waals surface area contributed by atoms with Crippen molar-refractivity contribution >= 4 is 11.5 Å². The third-order valence-corrected chi connectivity index (χ3v) is 2.49. The van der Waals surface area contributed by atoms with E-state index in [-0.39, 0.29) is 0 Å². The zero-order valence-corrected chi connectivity index (χ0v) is 9.75. The van der Waals surface area contributed by atoms with E-state index in [1.165, 1.54) is 0 Å². The molecule has 0 N–H and O–H groups in total. The minimum absolute atomic E-state index is 0.631. The molecule has 0 aliphatic rings.